The molecule has 0 fully saturated rings. The number of aromatic nitrogens is 2. The van der Waals surface area contributed by atoms with Crippen LogP contribution in [0.3, 0.4) is 0 Å². The van der Waals surface area contributed by atoms with Crippen molar-refractivity contribution >= 4 is 28.8 Å². The Morgan fingerprint density at radius 1 is 1.38 bits per heavy atom. The first-order valence-corrected chi connectivity index (χ1v) is 7.62. The van der Waals surface area contributed by atoms with Crippen molar-refractivity contribution in [2.24, 2.45) is 0 Å². The van der Waals surface area contributed by atoms with Gasteiger partial charge < -0.3 is 10.6 Å². The fourth-order valence-corrected chi connectivity index (χ4v) is 2.91. The average molecular weight is 304 g/mol. The van der Waals surface area contributed by atoms with Crippen molar-refractivity contribution in [1.82, 2.24) is 9.59 Å². The second kappa shape index (κ2) is 5.81. The van der Waals surface area contributed by atoms with Crippen molar-refractivity contribution < 1.29 is 4.79 Å². The lowest BCUT2D eigenvalue weighted by molar-refractivity contribution is 0.0990. The summed E-state index contributed by atoms with van der Waals surface area (Å²) in [7, 11) is 0. The largest absolute Gasteiger partial charge is 0.399 e. The number of anilines is 2. The van der Waals surface area contributed by atoms with E-state index in [1.54, 1.807) is 17.0 Å². The number of hydrogen-bond donors (Lipinski definition) is 1. The normalized spacial score (nSPS) is 11.4. The molecule has 5 nitrogen and oxygen atoms in total. The summed E-state index contributed by atoms with van der Waals surface area (Å²) in [5, 5.41) is 4.13. The topological polar surface area (TPSA) is 72.1 Å². The van der Waals surface area contributed by atoms with E-state index in [-0.39, 0.29) is 11.3 Å². The molecule has 0 aliphatic carbocycles. The Hall–Kier alpha value is -1.95. The van der Waals surface area contributed by atoms with Gasteiger partial charge in [0.2, 0.25) is 0 Å². The van der Waals surface area contributed by atoms with Crippen LogP contribution in [0.5, 0.6) is 0 Å². The Morgan fingerprint density at radius 2 is 2.10 bits per heavy atom. The lowest BCUT2D eigenvalue weighted by Gasteiger charge is -2.23. The Balaban J connectivity index is 2.40. The molecular formula is C15H20N4OS. The van der Waals surface area contributed by atoms with E-state index in [1.807, 2.05) is 39.8 Å². The molecule has 0 atom stereocenters. The highest BCUT2D eigenvalue weighted by Gasteiger charge is 2.29. The van der Waals surface area contributed by atoms with Gasteiger partial charge >= 0.3 is 0 Å². The summed E-state index contributed by atoms with van der Waals surface area (Å²) >= 11 is 1.14. The van der Waals surface area contributed by atoms with Gasteiger partial charge in [-0.05, 0) is 36.7 Å². The number of benzene rings is 1. The second-order valence-corrected chi connectivity index (χ2v) is 6.60. The number of nitrogens with zero attached hydrogens (tertiary/aromatic N) is 3. The number of amides is 1. The van der Waals surface area contributed by atoms with E-state index in [0.29, 0.717) is 17.1 Å². The van der Waals surface area contributed by atoms with E-state index in [0.717, 1.165) is 22.9 Å². The molecule has 2 aromatic rings. The molecule has 0 bridgehead atoms. The van der Waals surface area contributed by atoms with Gasteiger partial charge in [0.15, 0.2) is 0 Å². The third-order valence-electron chi connectivity index (χ3n) is 3.14. The molecule has 21 heavy (non-hydrogen) atoms. The molecule has 0 saturated heterocycles. The molecule has 0 aliphatic rings. The molecule has 1 aromatic heterocycles. The zero-order chi connectivity index (χ0) is 15.6. The molecule has 0 unspecified atom stereocenters. The van der Waals surface area contributed by atoms with Crippen LogP contribution in [0, 0.1) is 0 Å². The van der Waals surface area contributed by atoms with Crippen LogP contribution >= 0.6 is 11.5 Å². The number of carbonyl (C=O) groups excluding carboxylic acids is 1. The van der Waals surface area contributed by atoms with Crippen molar-refractivity contribution in [2.45, 2.75) is 33.1 Å². The van der Waals surface area contributed by atoms with Gasteiger partial charge in [0.1, 0.15) is 4.88 Å². The van der Waals surface area contributed by atoms with Crippen LogP contribution in [-0.4, -0.2) is 22.0 Å². The van der Waals surface area contributed by atoms with Crippen molar-refractivity contribution in [3.63, 3.8) is 0 Å². The molecule has 112 valence electrons. The van der Waals surface area contributed by atoms with Crippen LogP contribution in [-0.2, 0) is 5.41 Å². The van der Waals surface area contributed by atoms with Gasteiger partial charge in [-0.25, -0.2) is 0 Å². The van der Waals surface area contributed by atoms with Gasteiger partial charge in [0.25, 0.3) is 5.91 Å². The van der Waals surface area contributed by atoms with Crippen LogP contribution in [0.2, 0.25) is 0 Å². The van der Waals surface area contributed by atoms with Gasteiger partial charge in [-0.1, -0.05) is 31.3 Å². The smallest absolute Gasteiger partial charge is 0.271 e. The van der Waals surface area contributed by atoms with E-state index in [1.165, 1.54) is 0 Å². The van der Waals surface area contributed by atoms with Gasteiger partial charge in [-0.15, -0.1) is 5.10 Å². The third kappa shape index (κ3) is 3.21. The second-order valence-electron chi connectivity index (χ2n) is 5.85. The minimum atomic E-state index is -0.215. The average Bonchev–Trinajstić information content (AvgIpc) is 2.88. The lowest BCUT2D eigenvalue weighted by atomic mass is 9.91. The van der Waals surface area contributed by atoms with Gasteiger partial charge in [-0.2, -0.15) is 0 Å². The summed E-state index contributed by atoms with van der Waals surface area (Å²) in [5.41, 5.74) is 7.75. The standard InChI is InChI=1S/C15H20N4OS/c1-5-19(11-8-6-7-10(16)9-11)14(20)12-13(15(2,3)4)17-18-21-12/h6-9H,5,16H2,1-4H3. The van der Waals surface area contributed by atoms with Crippen molar-refractivity contribution in [3.8, 4) is 0 Å². The molecule has 1 aromatic carbocycles. The first-order valence-electron chi connectivity index (χ1n) is 6.85. The fourth-order valence-electron chi connectivity index (χ4n) is 2.08. The van der Waals surface area contributed by atoms with Crippen LogP contribution < -0.4 is 10.6 Å². The Bertz CT molecular complexity index is 645. The summed E-state index contributed by atoms with van der Waals surface area (Å²) in [6.45, 7) is 8.57. The number of hydrogen-bond acceptors (Lipinski definition) is 5. The predicted octanol–water partition coefficient (Wildman–Crippen LogP) is 3.08. The molecule has 1 heterocycles. The number of rotatable bonds is 3. The van der Waals surface area contributed by atoms with Crippen LogP contribution in [0.1, 0.15) is 43.1 Å². The van der Waals surface area contributed by atoms with Crippen molar-refractivity contribution in [2.75, 3.05) is 17.2 Å². The quantitative estimate of drug-likeness (QED) is 0.884. The van der Waals surface area contributed by atoms with Crippen molar-refractivity contribution in [1.29, 1.82) is 0 Å². The number of nitrogens with two attached hydrogens (primary N) is 1. The Kier molecular flexibility index (Phi) is 4.27. The van der Waals surface area contributed by atoms with Crippen LogP contribution in [0.4, 0.5) is 11.4 Å². The van der Waals surface area contributed by atoms with Gasteiger partial charge in [-0.3, -0.25) is 4.79 Å². The van der Waals surface area contributed by atoms with Gasteiger partial charge in [0.05, 0.1) is 5.69 Å². The first-order chi connectivity index (χ1) is 9.84. The maximum absolute atomic E-state index is 12.8. The molecule has 1 amide bonds. The summed E-state index contributed by atoms with van der Waals surface area (Å²) in [5.74, 6) is -0.0805. The monoisotopic (exact) mass is 304 g/mol. The minimum Gasteiger partial charge on any atom is -0.399 e. The summed E-state index contributed by atoms with van der Waals surface area (Å²) in [6.07, 6.45) is 0. The fraction of sp³-hybridized carbons (Fsp3) is 0.400. The maximum Gasteiger partial charge on any atom is 0.271 e. The minimum absolute atomic E-state index is 0.0805. The Morgan fingerprint density at radius 3 is 2.67 bits per heavy atom. The van der Waals surface area contributed by atoms with E-state index >= 15 is 0 Å². The lowest BCUT2D eigenvalue weighted by Crippen LogP contribution is -2.32. The third-order valence-corrected chi connectivity index (χ3v) is 3.85. The van der Waals surface area contributed by atoms with E-state index in [4.69, 9.17) is 5.73 Å². The zero-order valence-corrected chi connectivity index (χ0v) is 13.6. The highest BCUT2D eigenvalue weighted by atomic mass is 32.1. The van der Waals surface area contributed by atoms with Crippen molar-refractivity contribution in [3.05, 3.63) is 34.8 Å². The van der Waals surface area contributed by atoms with Crippen LogP contribution in [0.25, 0.3) is 0 Å². The highest BCUT2D eigenvalue weighted by Crippen LogP contribution is 2.28. The zero-order valence-electron chi connectivity index (χ0n) is 12.8. The molecule has 0 spiro atoms. The van der Waals surface area contributed by atoms with Crippen LogP contribution in [0.15, 0.2) is 24.3 Å². The predicted molar refractivity (Wildman–Crippen MR) is 86.8 cm³/mol. The molecule has 2 N–H and O–H groups in total. The molecule has 0 saturated carbocycles. The van der Waals surface area contributed by atoms with Gasteiger partial charge in [0, 0.05) is 23.3 Å². The summed E-state index contributed by atoms with van der Waals surface area (Å²) in [4.78, 5) is 15.1. The van der Waals surface area contributed by atoms with E-state index in [9.17, 15) is 4.79 Å². The number of carbonyl (C=O) groups is 1. The van der Waals surface area contributed by atoms with E-state index in [2.05, 4.69) is 9.59 Å². The Labute approximate surface area is 128 Å². The summed E-state index contributed by atoms with van der Waals surface area (Å²) < 4.78 is 3.96. The maximum atomic E-state index is 12.8. The molecule has 2 rings (SSSR count). The molecule has 0 aliphatic heterocycles. The molecular weight excluding hydrogens is 284 g/mol. The van der Waals surface area contributed by atoms with E-state index < -0.39 is 0 Å². The highest BCUT2D eigenvalue weighted by molar-refractivity contribution is 7.08. The molecule has 0 radical (unpaired) electrons. The number of nitrogen functional groups attached to an aromatic ring is 1. The first kappa shape index (κ1) is 15.4. The summed E-state index contributed by atoms with van der Waals surface area (Å²) in [6, 6.07) is 7.32. The SMILES string of the molecule is CCN(C(=O)c1snnc1C(C)(C)C)c1cccc(N)c1. The molecule has 6 heteroatoms.